The number of ether oxygens (including phenoxy) is 1. The minimum atomic E-state index is -1.61. The number of rotatable bonds is 3. The molecule has 2 rings (SSSR count). The van der Waals surface area contributed by atoms with E-state index in [2.05, 4.69) is 10.5 Å². The number of benzene rings is 1. The zero-order chi connectivity index (χ0) is 14.6. The second kappa shape index (κ2) is 6.68. The van der Waals surface area contributed by atoms with Gasteiger partial charge in [0.25, 0.3) is 3.92 Å². The van der Waals surface area contributed by atoms with Gasteiger partial charge in [0, 0.05) is 12.6 Å². The molecule has 108 valence electrons. The largest absolute Gasteiger partial charge is 0.497 e. The van der Waals surface area contributed by atoms with Gasteiger partial charge in [-0.25, -0.2) is 5.43 Å². The topological polar surface area (TPSA) is 36.9 Å². The molecule has 0 saturated carbocycles. The molecule has 0 bridgehead atoms. The zero-order valence-electron chi connectivity index (χ0n) is 10.8. The summed E-state index contributed by atoms with van der Waals surface area (Å²) >= 11 is 17.3. The van der Waals surface area contributed by atoms with Crippen molar-refractivity contribution in [3.8, 4) is 5.75 Å². The Balaban J connectivity index is 1.99. The minimum absolute atomic E-state index is 0.0187. The molecule has 1 unspecified atom stereocenters. The van der Waals surface area contributed by atoms with E-state index in [4.69, 9.17) is 39.5 Å². The summed E-state index contributed by atoms with van der Waals surface area (Å²) in [7, 11) is 1.64. The highest BCUT2D eigenvalue weighted by Gasteiger charge is 2.31. The number of alkyl halides is 3. The number of hydrogen-bond donors (Lipinski definition) is 1. The van der Waals surface area contributed by atoms with Gasteiger partial charge in [0.05, 0.1) is 13.2 Å². The smallest absolute Gasteiger partial charge is 0.296 e. The summed E-state index contributed by atoms with van der Waals surface area (Å²) in [5.74, 6) is 0.826. The summed E-state index contributed by atoms with van der Waals surface area (Å²) in [5, 5.41) is 5.19. The molecule has 1 aromatic carbocycles. The molecule has 1 aliphatic heterocycles. The van der Waals surface area contributed by atoms with E-state index in [1.165, 1.54) is 5.12 Å². The summed E-state index contributed by atoms with van der Waals surface area (Å²) in [5.41, 5.74) is 4.08. The fourth-order valence-corrected chi connectivity index (χ4v) is 1.97. The molecule has 0 spiro atoms. The van der Waals surface area contributed by atoms with Gasteiger partial charge in [-0.2, -0.15) is 10.2 Å². The zero-order valence-corrected chi connectivity index (χ0v) is 13.0. The molecule has 20 heavy (non-hydrogen) atoms. The molecule has 0 aromatic heterocycles. The van der Waals surface area contributed by atoms with E-state index in [1.807, 2.05) is 36.4 Å². The summed E-state index contributed by atoms with van der Waals surface area (Å²) in [6.45, 7) is 0. The Bertz CT molecular complexity index is 497. The monoisotopic (exact) mass is 333 g/mol. The standard InChI is InChI=1S/C13H14Cl3N3O/c1-20-12-6-3-10(4-7-12)2-5-11-8-9-17-19(18-11)13(14,15)16/h2-7,9,11,18H,8H2,1H3/b5-2+. The van der Waals surface area contributed by atoms with Crippen LogP contribution in [0.1, 0.15) is 12.0 Å². The van der Waals surface area contributed by atoms with Crippen LogP contribution in [-0.2, 0) is 0 Å². The average molecular weight is 335 g/mol. The molecule has 7 heteroatoms. The number of hydrazone groups is 1. The second-order valence-corrected chi connectivity index (χ2v) is 6.40. The molecule has 0 amide bonds. The van der Waals surface area contributed by atoms with Crippen LogP contribution in [0.3, 0.4) is 0 Å². The Kier molecular flexibility index (Phi) is 5.16. The van der Waals surface area contributed by atoms with Gasteiger partial charge < -0.3 is 4.74 Å². The van der Waals surface area contributed by atoms with Gasteiger partial charge in [-0.3, -0.25) is 0 Å². The van der Waals surface area contributed by atoms with E-state index >= 15 is 0 Å². The molecular formula is C13H14Cl3N3O. The number of hydrogen-bond acceptors (Lipinski definition) is 4. The average Bonchev–Trinajstić information content (AvgIpc) is 2.45. The van der Waals surface area contributed by atoms with Crippen LogP contribution in [0.25, 0.3) is 6.08 Å². The highest BCUT2D eigenvalue weighted by Crippen LogP contribution is 2.30. The molecule has 1 heterocycles. The summed E-state index contributed by atoms with van der Waals surface area (Å²) < 4.78 is 3.50. The SMILES string of the molecule is COc1ccc(/C=C/C2CC=NN(C(Cl)(Cl)Cl)N2)cc1. The second-order valence-electron chi connectivity index (χ2n) is 4.18. The number of nitrogens with zero attached hydrogens (tertiary/aromatic N) is 2. The predicted octanol–water partition coefficient (Wildman–Crippen LogP) is 3.60. The highest BCUT2D eigenvalue weighted by atomic mass is 35.6. The Morgan fingerprint density at radius 1 is 1.35 bits per heavy atom. The highest BCUT2D eigenvalue weighted by molar-refractivity contribution is 6.67. The van der Waals surface area contributed by atoms with Gasteiger partial charge in [-0.1, -0.05) is 59.1 Å². The molecule has 1 N–H and O–H groups in total. The van der Waals surface area contributed by atoms with E-state index in [1.54, 1.807) is 13.3 Å². The van der Waals surface area contributed by atoms with Crippen molar-refractivity contribution in [2.45, 2.75) is 16.4 Å². The molecule has 1 atom stereocenters. The molecule has 0 radical (unpaired) electrons. The third kappa shape index (κ3) is 4.28. The van der Waals surface area contributed by atoms with Crippen molar-refractivity contribution < 1.29 is 4.74 Å². The van der Waals surface area contributed by atoms with Crippen molar-refractivity contribution in [3.05, 3.63) is 35.9 Å². The molecule has 0 saturated heterocycles. The number of halogens is 3. The van der Waals surface area contributed by atoms with E-state index in [-0.39, 0.29) is 6.04 Å². The van der Waals surface area contributed by atoms with Crippen molar-refractivity contribution >= 4 is 47.1 Å². The summed E-state index contributed by atoms with van der Waals surface area (Å²) in [6, 6.07) is 7.77. The van der Waals surface area contributed by atoms with Crippen LogP contribution in [0.15, 0.2) is 35.4 Å². The number of hydrazine groups is 1. The van der Waals surface area contributed by atoms with Gasteiger partial charge in [0.15, 0.2) is 0 Å². The maximum atomic E-state index is 5.77. The third-order valence-electron chi connectivity index (χ3n) is 2.72. The molecule has 0 fully saturated rings. The number of nitrogens with one attached hydrogen (secondary N) is 1. The minimum Gasteiger partial charge on any atom is -0.497 e. The first-order valence-corrected chi connectivity index (χ1v) is 7.10. The Morgan fingerprint density at radius 2 is 2.05 bits per heavy atom. The van der Waals surface area contributed by atoms with Crippen molar-refractivity contribution in [1.82, 2.24) is 10.5 Å². The first-order chi connectivity index (χ1) is 9.49. The predicted molar refractivity (Wildman–Crippen MR) is 84.2 cm³/mol. The normalized spacial score (nSPS) is 19.6. The van der Waals surface area contributed by atoms with Crippen LogP contribution in [0, 0.1) is 0 Å². The molecular weight excluding hydrogens is 321 g/mol. The van der Waals surface area contributed by atoms with Gasteiger partial charge in [-0.15, -0.1) is 0 Å². The lowest BCUT2D eigenvalue weighted by atomic mass is 10.1. The van der Waals surface area contributed by atoms with Gasteiger partial charge in [-0.05, 0) is 17.7 Å². The fourth-order valence-electron chi connectivity index (χ4n) is 1.69. The van der Waals surface area contributed by atoms with Crippen molar-refractivity contribution in [2.75, 3.05) is 7.11 Å². The first-order valence-electron chi connectivity index (χ1n) is 5.97. The van der Waals surface area contributed by atoms with Crippen molar-refractivity contribution in [2.24, 2.45) is 5.10 Å². The maximum absolute atomic E-state index is 5.77. The fraction of sp³-hybridized carbons (Fsp3) is 0.308. The van der Waals surface area contributed by atoms with Gasteiger partial charge >= 0.3 is 0 Å². The third-order valence-corrected chi connectivity index (χ3v) is 3.20. The lowest BCUT2D eigenvalue weighted by Crippen LogP contribution is -2.49. The lowest BCUT2D eigenvalue weighted by Gasteiger charge is -2.32. The van der Waals surface area contributed by atoms with Crippen LogP contribution in [0.4, 0.5) is 0 Å². The van der Waals surface area contributed by atoms with Gasteiger partial charge in [0.1, 0.15) is 5.75 Å². The van der Waals surface area contributed by atoms with Crippen LogP contribution in [-0.4, -0.2) is 28.4 Å². The molecule has 0 aliphatic carbocycles. The van der Waals surface area contributed by atoms with E-state index in [9.17, 15) is 0 Å². The molecule has 1 aliphatic rings. The van der Waals surface area contributed by atoms with Crippen LogP contribution < -0.4 is 10.2 Å². The van der Waals surface area contributed by atoms with E-state index in [0.717, 1.165) is 17.7 Å². The Labute approximate surface area is 132 Å². The van der Waals surface area contributed by atoms with Crippen molar-refractivity contribution in [3.63, 3.8) is 0 Å². The number of methoxy groups -OCH3 is 1. The summed E-state index contributed by atoms with van der Waals surface area (Å²) in [6.07, 6.45) is 6.43. The summed E-state index contributed by atoms with van der Waals surface area (Å²) in [4.78, 5) is 0. The Hall–Kier alpha value is -0.940. The van der Waals surface area contributed by atoms with Crippen molar-refractivity contribution in [1.29, 1.82) is 0 Å². The quantitative estimate of drug-likeness (QED) is 0.678. The van der Waals surface area contributed by atoms with Crippen LogP contribution >= 0.6 is 34.8 Å². The lowest BCUT2D eigenvalue weighted by molar-refractivity contribution is 0.167. The maximum Gasteiger partial charge on any atom is 0.296 e. The first kappa shape index (κ1) is 15.4. The van der Waals surface area contributed by atoms with E-state index < -0.39 is 3.92 Å². The van der Waals surface area contributed by atoms with E-state index in [0.29, 0.717) is 0 Å². The molecule has 1 aromatic rings. The van der Waals surface area contributed by atoms with Crippen LogP contribution in [0.2, 0.25) is 0 Å². The Morgan fingerprint density at radius 3 is 2.65 bits per heavy atom. The van der Waals surface area contributed by atoms with Gasteiger partial charge in [0.2, 0.25) is 0 Å². The molecule has 4 nitrogen and oxygen atoms in total. The van der Waals surface area contributed by atoms with Crippen LogP contribution in [0.5, 0.6) is 5.75 Å².